The summed E-state index contributed by atoms with van der Waals surface area (Å²) in [5.41, 5.74) is 12.8. The molecule has 0 aliphatic rings. The molecule has 0 unspecified atom stereocenters. The Labute approximate surface area is 350 Å². The molecule has 12 heteroatoms. The first-order valence-corrected chi connectivity index (χ1v) is 19.9. The molecule has 6 rings (SSSR count). The molecule has 4 amide bonds. The minimum atomic E-state index is -0.702. The summed E-state index contributed by atoms with van der Waals surface area (Å²) >= 11 is 0. The first-order valence-electron chi connectivity index (χ1n) is 19.9. The van der Waals surface area contributed by atoms with Crippen LogP contribution in [-0.4, -0.2) is 47.2 Å². The Morgan fingerprint density at radius 1 is 0.667 bits per heavy atom. The summed E-state index contributed by atoms with van der Waals surface area (Å²) < 4.78 is 5.83. The molecule has 1 aromatic heterocycles. The number of benzene rings is 5. The molecule has 8 N–H and O–H groups in total. The molecule has 2 atom stereocenters. The monoisotopic (exact) mass is 805 g/mol. The molecular weight excluding hydrogens is 755 g/mol. The maximum absolute atomic E-state index is 12.8. The Morgan fingerprint density at radius 2 is 1.32 bits per heavy atom. The van der Waals surface area contributed by atoms with Crippen molar-refractivity contribution >= 4 is 23.7 Å². The molecule has 0 radical (unpaired) electrons. The van der Waals surface area contributed by atoms with Gasteiger partial charge in [-0.2, -0.15) is 0 Å². The second kappa shape index (κ2) is 21.7. The van der Waals surface area contributed by atoms with Crippen LogP contribution >= 0.6 is 0 Å². The number of carbonyl (C=O) groups is 3. The Balaban J connectivity index is 0.868. The first kappa shape index (κ1) is 42.6. The van der Waals surface area contributed by atoms with E-state index in [1.165, 1.54) is 0 Å². The normalized spacial score (nSPS) is 11.8. The predicted molar refractivity (Wildman–Crippen MR) is 233 cm³/mol. The first-order chi connectivity index (χ1) is 29.1. The lowest BCUT2D eigenvalue weighted by Gasteiger charge is -2.18. The maximum atomic E-state index is 12.8. The van der Waals surface area contributed by atoms with Crippen LogP contribution in [-0.2, 0) is 37.1 Å². The number of pyridine rings is 1. The number of aliphatic hydroxyl groups excluding tert-OH is 1. The SMILES string of the molecule is C[C@H](Cc1cccc(CC(=O)NCNC(=O)c2ccc(Cc3cccc(CNC(=O)NCc4ccc(Oc5ccccc5)cc4)c3)cc2)c1)NC[C@H](O)c1ccc(N)nc1. The molecule has 0 aliphatic heterocycles. The number of aromatic nitrogens is 1. The Morgan fingerprint density at radius 3 is 2.05 bits per heavy atom. The summed E-state index contributed by atoms with van der Waals surface area (Å²) in [6.45, 7) is 3.17. The van der Waals surface area contributed by atoms with Crippen molar-refractivity contribution in [1.29, 1.82) is 0 Å². The number of nitrogens with two attached hydrogens (primary N) is 1. The lowest BCUT2D eigenvalue weighted by molar-refractivity contribution is -0.120. The van der Waals surface area contributed by atoms with Crippen LogP contribution < -0.4 is 37.1 Å². The topological polar surface area (TPSA) is 180 Å². The Hall–Kier alpha value is -7.02. The molecule has 0 saturated carbocycles. The van der Waals surface area contributed by atoms with Crippen LogP contribution in [0.15, 0.2) is 146 Å². The highest BCUT2D eigenvalue weighted by molar-refractivity contribution is 5.94. The molecule has 308 valence electrons. The fourth-order valence-corrected chi connectivity index (χ4v) is 6.50. The average molecular weight is 806 g/mol. The van der Waals surface area contributed by atoms with Gasteiger partial charge < -0.3 is 42.2 Å². The minimum Gasteiger partial charge on any atom is -0.457 e. The van der Waals surface area contributed by atoms with Gasteiger partial charge >= 0.3 is 6.03 Å². The number of anilines is 1. The average Bonchev–Trinajstić information content (AvgIpc) is 3.25. The third-order valence-corrected chi connectivity index (χ3v) is 9.71. The van der Waals surface area contributed by atoms with Gasteiger partial charge in [-0.15, -0.1) is 0 Å². The van der Waals surface area contributed by atoms with Gasteiger partial charge in [-0.25, -0.2) is 9.78 Å². The molecular formula is C48H51N7O5. The number of amides is 4. The van der Waals surface area contributed by atoms with Crippen LogP contribution in [0.4, 0.5) is 10.6 Å². The van der Waals surface area contributed by atoms with Crippen LogP contribution in [0.25, 0.3) is 0 Å². The van der Waals surface area contributed by atoms with Gasteiger partial charge in [0, 0.05) is 43.0 Å². The fourth-order valence-electron chi connectivity index (χ4n) is 6.50. The second-order valence-corrected chi connectivity index (χ2v) is 14.6. The van der Waals surface area contributed by atoms with E-state index in [1.807, 2.05) is 116 Å². The van der Waals surface area contributed by atoms with E-state index in [-0.39, 0.29) is 37.0 Å². The molecule has 60 heavy (non-hydrogen) atoms. The number of ether oxygens (including phenoxy) is 1. The highest BCUT2D eigenvalue weighted by atomic mass is 16.5. The second-order valence-electron chi connectivity index (χ2n) is 14.6. The van der Waals surface area contributed by atoms with E-state index in [9.17, 15) is 19.5 Å². The number of para-hydroxylation sites is 1. The molecule has 6 aromatic rings. The summed E-state index contributed by atoms with van der Waals surface area (Å²) in [4.78, 5) is 42.1. The summed E-state index contributed by atoms with van der Waals surface area (Å²) in [7, 11) is 0. The molecule has 1 heterocycles. The van der Waals surface area contributed by atoms with E-state index in [0.29, 0.717) is 49.4 Å². The summed E-state index contributed by atoms with van der Waals surface area (Å²) in [5, 5.41) is 25.2. The van der Waals surface area contributed by atoms with Crippen molar-refractivity contribution in [2.75, 3.05) is 18.9 Å². The van der Waals surface area contributed by atoms with Crippen molar-refractivity contribution in [1.82, 2.24) is 31.6 Å². The van der Waals surface area contributed by atoms with Gasteiger partial charge in [0.15, 0.2) is 0 Å². The Kier molecular flexibility index (Phi) is 15.4. The summed E-state index contributed by atoms with van der Waals surface area (Å²) in [6, 6.07) is 43.6. The van der Waals surface area contributed by atoms with E-state index < -0.39 is 6.10 Å². The number of hydrogen-bond donors (Lipinski definition) is 7. The van der Waals surface area contributed by atoms with Gasteiger partial charge in [-0.3, -0.25) is 9.59 Å². The van der Waals surface area contributed by atoms with Gasteiger partial charge in [-0.1, -0.05) is 97.1 Å². The van der Waals surface area contributed by atoms with Gasteiger partial charge in [0.05, 0.1) is 19.2 Å². The van der Waals surface area contributed by atoms with Crippen molar-refractivity contribution in [2.45, 2.75) is 51.4 Å². The minimum absolute atomic E-state index is 0.00246. The number of rotatable bonds is 19. The van der Waals surface area contributed by atoms with Crippen molar-refractivity contribution in [3.05, 3.63) is 190 Å². The highest BCUT2D eigenvalue weighted by Crippen LogP contribution is 2.21. The smallest absolute Gasteiger partial charge is 0.315 e. The number of aliphatic hydroxyl groups is 1. The standard InChI is InChI=1S/C48H51N7O5/c1-33(50-31-44(56)41-19-22-45(49)51-30-41)23-36-7-5-9-38(25-36)27-46(57)54-32-55-47(58)40-17-13-34(14-18-40)24-37-8-6-10-39(26-37)29-53-48(59)52-28-35-15-20-43(21-16-35)60-42-11-3-2-4-12-42/h2-22,25-26,30,33,44,50,56H,23-24,27-29,31-32H2,1H3,(H2,49,51)(H,54,57)(H,55,58)(H2,52,53,59)/t33-,44+/m1/s1. The van der Waals surface area contributed by atoms with Crippen LogP contribution in [0, 0.1) is 0 Å². The number of nitrogens with zero attached hydrogens (tertiary/aromatic N) is 1. The highest BCUT2D eigenvalue weighted by Gasteiger charge is 2.12. The van der Waals surface area contributed by atoms with Crippen LogP contribution in [0.3, 0.4) is 0 Å². The zero-order valence-electron chi connectivity index (χ0n) is 33.6. The molecule has 0 aliphatic carbocycles. The lowest BCUT2D eigenvalue weighted by Crippen LogP contribution is -2.37. The van der Waals surface area contributed by atoms with Crippen molar-refractivity contribution in [3.8, 4) is 11.5 Å². The van der Waals surface area contributed by atoms with E-state index >= 15 is 0 Å². The van der Waals surface area contributed by atoms with Crippen LogP contribution in [0.5, 0.6) is 11.5 Å². The Bertz CT molecular complexity index is 2300. The van der Waals surface area contributed by atoms with E-state index in [1.54, 1.807) is 30.5 Å². The quantitative estimate of drug-likeness (QED) is 0.0463. The predicted octanol–water partition coefficient (Wildman–Crippen LogP) is 6.35. The maximum Gasteiger partial charge on any atom is 0.315 e. The van der Waals surface area contributed by atoms with Gasteiger partial charge in [-0.05, 0) is 95.6 Å². The number of urea groups is 1. The number of hydrogen-bond acceptors (Lipinski definition) is 8. The number of nitrogens with one attached hydrogen (secondary N) is 5. The molecule has 0 fully saturated rings. The zero-order chi connectivity index (χ0) is 42.1. The van der Waals surface area contributed by atoms with E-state index in [4.69, 9.17) is 10.5 Å². The van der Waals surface area contributed by atoms with Crippen molar-refractivity contribution < 1.29 is 24.2 Å². The lowest BCUT2D eigenvalue weighted by atomic mass is 10.0. The third kappa shape index (κ3) is 13.8. The molecule has 5 aromatic carbocycles. The summed E-state index contributed by atoms with van der Waals surface area (Å²) in [6.07, 6.45) is 2.42. The van der Waals surface area contributed by atoms with Gasteiger partial charge in [0.25, 0.3) is 5.91 Å². The van der Waals surface area contributed by atoms with Gasteiger partial charge in [0.1, 0.15) is 17.3 Å². The number of nitrogen functional groups attached to an aromatic ring is 1. The molecule has 0 spiro atoms. The largest absolute Gasteiger partial charge is 0.457 e. The molecule has 0 bridgehead atoms. The van der Waals surface area contributed by atoms with Crippen LogP contribution in [0.2, 0.25) is 0 Å². The molecule has 12 nitrogen and oxygen atoms in total. The zero-order valence-corrected chi connectivity index (χ0v) is 33.6. The van der Waals surface area contributed by atoms with Crippen LogP contribution in [0.1, 0.15) is 62.3 Å². The molecule has 0 saturated heterocycles. The van der Waals surface area contributed by atoms with Crippen molar-refractivity contribution in [3.63, 3.8) is 0 Å². The van der Waals surface area contributed by atoms with Gasteiger partial charge in [0.2, 0.25) is 5.91 Å². The third-order valence-electron chi connectivity index (χ3n) is 9.71. The van der Waals surface area contributed by atoms with Crippen molar-refractivity contribution in [2.24, 2.45) is 0 Å². The van der Waals surface area contributed by atoms with E-state index in [2.05, 4.69) is 37.6 Å². The fraction of sp³-hybridized carbons (Fsp3) is 0.208. The summed E-state index contributed by atoms with van der Waals surface area (Å²) in [5.74, 6) is 1.41. The number of carbonyl (C=O) groups excluding carboxylic acids is 3. The van der Waals surface area contributed by atoms with E-state index in [0.717, 1.165) is 44.9 Å².